The first-order valence-corrected chi connectivity index (χ1v) is 13.4. The van der Waals surface area contributed by atoms with E-state index in [1.165, 1.54) is 0 Å². The molecule has 192 valence electrons. The summed E-state index contributed by atoms with van der Waals surface area (Å²) in [5.74, 6) is 0.132. The van der Waals surface area contributed by atoms with Crippen LogP contribution in [-0.4, -0.2) is 5.78 Å². The topological polar surface area (TPSA) is 23.6 Å². The lowest BCUT2D eigenvalue weighted by Crippen LogP contribution is -2.12. The number of hydrogen-bond acceptors (Lipinski definition) is 3. The molecule has 0 atom stereocenters. The van der Waals surface area contributed by atoms with Gasteiger partial charge >= 0.3 is 0 Å². The molecule has 1 fully saturated rings. The van der Waals surface area contributed by atoms with Crippen molar-refractivity contribution in [3.63, 3.8) is 0 Å². The summed E-state index contributed by atoms with van der Waals surface area (Å²) in [5, 5.41) is 0. The van der Waals surface area contributed by atoms with E-state index in [9.17, 15) is 4.79 Å². The third-order valence-corrected chi connectivity index (χ3v) is 6.68. The van der Waals surface area contributed by atoms with Crippen molar-refractivity contribution in [2.24, 2.45) is 0 Å². The van der Waals surface area contributed by atoms with Crippen molar-refractivity contribution in [2.45, 2.75) is 19.3 Å². The second kappa shape index (κ2) is 13.1. The highest BCUT2D eigenvalue weighted by molar-refractivity contribution is 6.09. The minimum absolute atomic E-state index is 0.132. The van der Waals surface area contributed by atoms with Gasteiger partial charge in [-0.3, -0.25) is 4.79 Å². The highest BCUT2D eigenvalue weighted by Gasteiger charge is 2.19. The zero-order chi connectivity index (χ0) is 26.7. The fraction of sp³-hybridized carbons (Fsp3) is 0.0833. The van der Waals surface area contributed by atoms with E-state index in [-0.39, 0.29) is 5.78 Å². The van der Waals surface area contributed by atoms with Crippen LogP contribution in [0.15, 0.2) is 169 Å². The van der Waals surface area contributed by atoms with Crippen LogP contribution >= 0.6 is 0 Å². The fourth-order valence-corrected chi connectivity index (χ4v) is 4.71. The van der Waals surface area contributed by atoms with Crippen molar-refractivity contribution in [2.75, 3.05) is 9.80 Å². The molecule has 0 aromatic heterocycles. The summed E-state index contributed by atoms with van der Waals surface area (Å²) in [6.45, 7) is 0. The van der Waals surface area contributed by atoms with Gasteiger partial charge in [0.2, 0.25) is 0 Å². The molecule has 4 aromatic rings. The Labute approximate surface area is 231 Å². The Morgan fingerprint density at radius 3 is 1.08 bits per heavy atom. The van der Waals surface area contributed by atoms with Gasteiger partial charge < -0.3 is 9.80 Å². The van der Waals surface area contributed by atoms with E-state index in [2.05, 4.69) is 58.3 Å². The molecule has 0 saturated heterocycles. The predicted molar refractivity (Wildman–Crippen MR) is 163 cm³/mol. The van der Waals surface area contributed by atoms with E-state index in [0.717, 1.165) is 53.2 Å². The molecule has 0 unspecified atom stereocenters. The molecular formula is C36H32N2O. The maximum absolute atomic E-state index is 13.3. The van der Waals surface area contributed by atoms with E-state index in [4.69, 9.17) is 0 Å². The van der Waals surface area contributed by atoms with E-state index in [1.54, 1.807) is 0 Å². The molecule has 3 nitrogen and oxygen atoms in total. The number of rotatable bonds is 8. The van der Waals surface area contributed by atoms with Gasteiger partial charge in [0.05, 0.1) is 0 Å². The first-order valence-electron chi connectivity index (χ1n) is 13.4. The fourth-order valence-electron chi connectivity index (χ4n) is 4.71. The Kier molecular flexibility index (Phi) is 8.63. The number of hydrogen-bond donors (Lipinski definition) is 0. The molecule has 0 amide bonds. The number of ketones is 1. The first-order chi connectivity index (χ1) is 19.3. The Hall–Kier alpha value is -4.89. The normalized spacial score (nSPS) is 15.8. The minimum atomic E-state index is 0.132. The molecule has 39 heavy (non-hydrogen) atoms. The number of nitrogens with zero attached hydrogens (tertiary/aromatic N) is 2. The van der Waals surface area contributed by atoms with Crippen LogP contribution in [0.5, 0.6) is 0 Å². The highest BCUT2D eigenvalue weighted by Crippen LogP contribution is 2.28. The zero-order valence-electron chi connectivity index (χ0n) is 21.9. The maximum Gasteiger partial charge on any atom is 0.184 e. The molecule has 1 aliphatic carbocycles. The lowest BCUT2D eigenvalue weighted by molar-refractivity contribution is -0.113. The smallest absolute Gasteiger partial charge is 0.184 e. The van der Waals surface area contributed by atoms with E-state index < -0.39 is 0 Å². The Morgan fingerprint density at radius 1 is 0.462 bits per heavy atom. The van der Waals surface area contributed by atoms with Gasteiger partial charge in [-0.25, -0.2) is 0 Å². The lowest BCUT2D eigenvalue weighted by Gasteiger charge is -2.21. The average molecular weight is 509 g/mol. The van der Waals surface area contributed by atoms with Gasteiger partial charge in [-0.15, -0.1) is 0 Å². The van der Waals surface area contributed by atoms with Crippen LogP contribution in [0.1, 0.15) is 19.3 Å². The van der Waals surface area contributed by atoms with Crippen LogP contribution in [-0.2, 0) is 4.79 Å². The van der Waals surface area contributed by atoms with Crippen LogP contribution in [0.2, 0.25) is 0 Å². The third kappa shape index (κ3) is 6.71. The number of benzene rings is 4. The monoisotopic (exact) mass is 508 g/mol. The molecule has 0 radical (unpaired) electrons. The number of carbonyl (C=O) groups excluding carboxylic acids is 1. The maximum atomic E-state index is 13.3. The molecule has 4 aromatic carbocycles. The summed E-state index contributed by atoms with van der Waals surface area (Å²) in [4.78, 5) is 17.6. The van der Waals surface area contributed by atoms with Gasteiger partial charge in [0, 0.05) is 35.1 Å². The highest BCUT2D eigenvalue weighted by atomic mass is 16.1. The third-order valence-electron chi connectivity index (χ3n) is 6.68. The van der Waals surface area contributed by atoms with Crippen LogP contribution in [0.3, 0.4) is 0 Å². The number of carbonyl (C=O) groups is 1. The summed E-state index contributed by atoms with van der Waals surface area (Å²) in [5.41, 5.74) is 5.98. The van der Waals surface area contributed by atoms with Crippen molar-refractivity contribution >= 4 is 28.5 Å². The molecular weight excluding hydrogens is 476 g/mol. The summed E-state index contributed by atoms with van der Waals surface area (Å²) < 4.78 is 0. The number of para-hydroxylation sites is 4. The molecule has 0 bridgehead atoms. The zero-order valence-corrected chi connectivity index (χ0v) is 21.9. The second-order valence-electron chi connectivity index (χ2n) is 9.33. The average Bonchev–Trinajstić information content (AvgIpc) is 3.01. The summed E-state index contributed by atoms with van der Waals surface area (Å²) in [6.07, 6.45) is 14.5. The summed E-state index contributed by atoms with van der Waals surface area (Å²) >= 11 is 0. The molecule has 3 heteroatoms. The van der Waals surface area contributed by atoms with E-state index in [1.807, 2.05) is 110 Å². The Bertz CT molecular complexity index is 1280. The van der Waals surface area contributed by atoms with Crippen molar-refractivity contribution in [1.29, 1.82) is 0 Å². The largest absolute Gasteiger partial charge is 0.317 e. The summed E-state index contributed by atoms with van der Waals surface area (Å²) in [7, 11) is 0. The van der Waals surface area contributed by atoms with Gasteiger partial charge in [-0.1, -0.05) is 84.9 Å². The number of Topliss-reactive ketones (excluding diaryl/α,β-unsaturated/α-hetero) is 1. The Balaban J connectivity index is 1.34. The minimum Gasteiger partial charge on any atom is -0.317 e. The predicted octanol–water partition coefficient (Wildman–Crippen LogP) is 9.30. The van der Waals surface area contributed by atoms with Crippen LogP contribution in [0.4, 0.5) is 22.7 Å². The molecule has 0 aliphatic heterocycles. The van der Waals surface area contributed by atoms with Crippen molar-refractivity contribution < 1.29 is 4.79 Å². The summed E-state index contributed by atoms with van der Waals surface area (Å²) in [6, 6.07) is 41.0. The van der Waals surface area contributed by atoms with Gasteiger partial charge in [-0.05, 0) is 91.1 Å². The standard InChI is InChI=1S/C36H32N2O/c39-36-30(18-14-28-37(32-20-5-1-6-21-32)33-22-7-2-8-23-33)16-13-17-31(36)19-15-29-38(34-24-9-3-10-25-34)35-26-11-4-12-27-35/h1-12,14-15,18-29H,13,16-17H2. The van der Waals surface area contributed by atoms with E-state index in [0.29, 0.717) is 0 Å². The van der Waals surface area contributed by atoms with Crippen LogP contribution < -0.4 is 9.80 Å². The second-order valence-corrected chi connectivity index (χ2v) is 9.33. The van der Waals surface area contributed by atoms with Gasteiger partial charge in [0.15, 0.2) is 5.78 Å². The van der Waals surface area contributed by atoms with Gasteiger partial charge in [0.25, 0.3) is 0 Å². The molecule has 0 N–H and O–H groups in total. The molecule has 1 aliphatic rings. The number of allylic oxidation sites excluding steroid dienone is 6. The van der Waals surface area contributed by atoms with Crippen LogP contribution in [0.25, 0.3) is 0 Å². The van der Waals surface area contributed by atoms with E-state index >= 15 is 0 Å². The molecule has 0 heterocycles. The Morgan fingerprint density at radius 2 is 0.769 bits per heavy atom. The quantitative estimate of drug-likeness (QED) is 0.222. The molecule has 1 saturated carbocycles. The van der Waals surface area contributed by atoms with Gasteiger partial charge in [0.1, 0.15) is 0 Å². The SMILES string of the molecule is O=C1C(=CC=CN(c2ccccc2)c2ccccc2)CCCC1=CC=CN(c1ccccc1)c1ccccc1. The van der Waals surface area contributed by atoms with Crippen molar-refractivity contribution in [3.05, 3.63) is 169 Å². The molecule has 5 rings (SSSR count). The van der Waals surface area contributed by atoms with Crippen molar-refractivity contribution in [3.8, 4) is 0 Å². The van der Waals surface area contributed by atoms with Crippen molar-refractivity contribution in [1.82, 2.24) is 0 Å². The van der Waals surface area contributed by atoms with Gasteiger partial charge in [-0.2, -0.15) is 0 Å². The number of anilines is 4. The van der Waals surface area contributed by atoms with Crippen LogP contribution in [0, 0.1) is 0 Å². The first kappa shape index (κ1) is 25.7. The molecule has 0 spiro atoms. The lowest BCUT2D eigenvalue weighted by atomic mass is 9.88.